The SMILES string of the molecule is CCCCCCCCCCCCCCCCCCC(O)C=CC(=O)O. The van der Waals surface area contributed by atoms with Crippen LogP contribution in [-0.4, -0.2) is 22.3 Å². The fourth-order valence-electron chi connectivity index (χ4n) is 3.19. The first-order valence-corrected chi connectivity index (χ1v) is 10.8. The normalized spacial score (nSPS) is 12.7. The third-order valence-electron chi connectivity index (χ3n) is 4.81. The van der Waals surface area contributed by atoms with Gasteiger partial charge in [-0.2, -0.15) is 0 Å². The van der Waals surface area contributed by atoms with Crippen LogP contribution in [0.5, 0.6) is 0 Å². The molecule has 0 radical (unpaired) electrons. The number of carbonyl (C=O) groups is 1. The molecule has 0 aromatic heterocycles. The monoisotopic (exact) mass is 354 g/mol. The molecule has 0 aromatic rings. The highest BCUT2D eigenvalue weighted by atomic mass is 16.4. The Labute approximate surface area is 155 Å². The van der Waals surface area contributed by atoms with E-state index >= 15 is 0 Å². The Balaban J connectivity index is 3.13. The Morgan fingerprint density at radius 2 is 1.08 bits per heavy atom. The molecular formula is C22H42O3. The van der Waals surface area contributed by atoms with Crippen LogP contribution in [-0.2, 0) is 4.79 Å². The molecule has 0 fully saturated rings. The number of aliphatic carboxylic acids is 1. The molecule has 148 valence electrons. The summed E-state index contributed by atoms with van der Waals surface area (Å²) in [6.07, 6.45) is 23.9. The molecule has 2 N–H and O–H groups in total. The van der Waals surface area contributed by atoms with Crippen molar-refractivity contribution in [3.63, 3.8) is 0 Å². The maximum Gasteiger partial charge on any atom is 0.328 e. The Bertz CT molecular complexity index is 312. The van der Waals surface area contributed by atoms with E-state index in [4.69, 9.17) is 5.11 Å². The van der Waals surface area contributed by atoms with Gasteiger partial charge < -0.3 is 10.2 Å². The van der Waals surface area contributed by atoms with Crippen molar-refractivity contribution in [2.75, 3.05) is 0 Å². The van der Waals surface area contributed by atoms with Crippen LogP contribution in [0.4, 0.5) is 0 Å². The Kier molecular flexibility index (Phi) is 18.8. The Morgan fingerprint density at radius 3 is 1.44 bits per heavy atom. The van der Waals surface area contributed by atoms with Gasteiger partial charge in [-0.05, 0) is 12.5 Å². The number of carboxylic acid groups (broad SMARTS) is 1. The Morgan fingerprint density at radius 1 is 0.720 bits per heavy atom. The predicted molar refractivity (Wildman–Crippen MR) is 107 cm³/mol. The molecule has 0 saturated carbocycles. The van der Waals surface area contributed by atoms with Gasteiger partial charge in [0.1, 0.15) is 0 Å². The standard InChI is InChI=1S/C22H42O3/c1-2-3-4-5-6-7-8-9-10-11-12-13-14-15-16-17-18-21(23)19-20-22(24)25/h19-21,23H,2-18H2,1H3,(H,24,25). The summed E-state index contributed by atoms with van der Waals surface area (Å²) in [6, 6.07) is 0. The molecular weight excluding hydrogens is 312 g/mol. The average molecular weight is 355 g/mol. The lowest BCUT2D eigenvalue weighted by atomic mass is 10.0. The van der Waals surface area contributed by atoms with E-state index in [1.165, 1.54) is 96.0 Å². The second-order valence-corrected chi connectivity index (χ2v) is 7.36. The fourth-order valence-corrected chi connectivity index (χ4v) is 3.19. The average Bonchev–Trinajstić information content (AvgIpc) is 2.59. The van der Waals surface area contributed by atoms with E-state index in [2.05, 4.69) is 6.92 Å². The first-order chi connectivity index (χ1) is 12.2. The van der Waals surface area contributed by atoms with Crippen LogP contribution in [0.2, 0.25) is 0 Å². The van der Waals surface area contributed by atoms with Gasteiger partial charge in [-0.1, -0.05) is 110 Å². The van der Waals surface area contributed by atoms with E-state index in [0.717, 1.165) is 18.9 Å². The molecule has 0 rings (SSSR count). The summed E-state index contributed by atoms with van der Waals surface area (Å²) >= 11 is 0. The first kappa shape index (κ1) is 24.2. The number of hydrogen-bond acceptors (Lipinski definition) is 2. The molecule has 0 aliphatic carbocycles. The molecule has 0 heterocycles. The van der Waals surface area contributed by atoms with Crippen molar-refractivity contribution < 1.29 is 15.0 Å². The predicted octanol–water partition coefficient (Wildman–Crippen LogP) is 6.64. The maximum absolute atomic E-state index is 10.3. The van der Waals surface area contributed by atoms with Crippen LogP contribution in [0.25, 0.3) is 0 Å². The molecule has 25 heavy (non-hydrogen) atoms. The van der Waals surface area contributed by atoms with Crippen molar-refractivity contribution in [1.29, 1.82) is 0 Å². The zero-order valence-corrected chi connectivity index (χ0v) is 16.6. The number of hydrogen-bond donors (Lipinski definition) is 2. The third-order valence-corrected chi connectivity index (χ3v) is 4.81. The minimum Gasteiger partial charge on any atom is -0.478 e. The number of unbranched alkanes of at least 4 members (excludes halogenated alkanes) is 15. The van der Waals surface area contributed by atoms with E-state index < -0.39 is 12.1 Å². The van der Waals surface area contributed by atoms with E-state index in [0.29, 0.717) is 6.42 Å². The van der Waals surface area contributed by atoms with E-state index in [1.807, 2.05) is 0 Å². The van der Waals surface area contributed by atoms with Crippen LogP contribution in [0.3, 0.4) is 0 Å². The first-order valence-electron chi connectivity index (χ1n) is 10.8. The van der Waals surface area contributed by atoms with Gasteiger partial charge in [0.25, 0.3) is 0 Å². The number of aliphatic hydroxyl groups is 1. The lowest BCUT2D eigenvalue weighted by Gasteiger charge is -2.05. The Hall–Kier alpha value is -0.830. The van der Waals surface area contributed by atoms with Crippen molar-refractivity contribution in [3.8, 4) is 0 Å². The highest BCUT2D eigenvalue weighted by Gasteiger charge is 2.00. The van der Waals surface area contributed by atoms with Crippen molar-refractivity contribution >= 4 is 5.97 Å². The summed E-state index contributed by atoms with van der Waals surface area (Å²) < 4.78 is 0. The fraction of sp³-hybridized carbons (Fsp3) is 0.864. The van der Waals surface area contributed by atoms with Crippen LogP contribution >= 0.6 is 0 Å². The number of carboxylic acids is 1. The quantitative estimate of drug-likeness (QED) is 0.202. The summed E-state index contributed by atoms with van der Waals surface area (Å²) in [5, 5.41) is 18.0. The van der Waals surface area contributed by atoms with E-state index in [9.17, 15) is 9.90 Å². The second kappa shape index (κ2) is 19.5. The van der Waals surface area contributed by atoms with Gasteiger partial charge in [0.15, 0.2) is 0 Å². The van der Waals surface area contributed by atoms with Gasteiger partial charge in [0.2, 0.25) is 0 Å². The molecule has 1 unspecified atom stereocenters. The van der Waals surface area contributed by atoms with Crippen molar-refractivity contribution in [2.24, 2.45) is 0 Å². The van der Waals surface area contributed by atoms with Gasteiger partial charge in [-0.15, -0.1) is 0 Å². The lowest BCUT2D eigenvalue weighted by molar-refractivity contribution is -0.131. The third kappa shape index (κ3) is 21.1. The van der Waals surface area contributed by atoms with Gasteiger partial charge in [-0.25, -0.2) is 4.79 Å². The molecule has 0 saturated heterocycles. The van der Waals surface area contributed by atoms with Gasteiger partial charge in [-0.3, -0.25) is 0 Å². The van der Waals surface area contributed by atoms with Crippen molar-refractivity contribution in [2.45, 2.75) is 122 Å². The summed E-state index contributed by atoms with van der Waals surface area (Å²) in [4.78, 5) is 10.3. The topological polar surface area (TPSA) is 57.5 Å². The summed E-state index contributed by atoms with van der Waals surface area (Å²) in [6.45, 7) is 2.27. The molecule has 3 heteroatoms. The summed E-state index contributed by atoms with van der Waals surface area (Å²) in [5.41, 5.74) is 0. The minimum absolute atomic E-state index is 0.609. The highest BCUT2D eigenvalue weighted by molar-refractivity contribution is 5.79. The maximum atomic E-state index is 10.3. The zero-order chi connectivity index (χ0) is 18.6. The molecule has 0 aliphatic heterocycles. The van der Waals surface area contributed by atoms with Gasteiger partial charge >= 0.3 is 5.97 Å². The van der Waals surface area contributed by atoms with Gasteiger partial charge in [0, 0.05) is 6.08 Å². The van der Waals surface area contributed by atoms with Crippen LogP contribution in [0.15, 0.2) is 12.2 Å². The van der Waals surface area contributed by atoms with Crippen molar-refractivity contribution in [3.05, 3.63) is 12.2 Å². The van der Waals surface area contributed by atoms with E-state index in [1.54, 1.807) is 0 Å². The molecule has 0 spiro atoms. The van der Waals surface area contributed by atoms with Crippen LogP contribution in [0, 0.1) is 0 Å². The smallest absolute Gasteiger partial charge is 0.328 e. The zero-order valence-electron chi connectivity index (χ0n) is 16.6. The molecule has 0 aromatic carbocycles. The number of aliphatic hydroxyl groups excluding tert-OH is 1. The van der Waals surface area contributed by atoms with Gasteiger partial charge in [0.05, 0.1) is 6.10 Å². The minimum atomic E-state index is -0.994. The van der Waals surface area contributed by atoms with Crippen LogP contribution < -0.4 is 0 Å². The largest absolute Gasteiger partial charge is 0.478 e. The molecule has 0 aliphatic rings. The van der Waals surface area contributed by atoms with Crippen LogP contribution in [0.1, 0.15) is 116 Å². The molecule has 1 atom stereocenters. The lowest BCUT2D eigenvalue weighted by Crippen LogP contribution is -2.03. The van der Waals surface area contributed by atoms with Crippen molar-refractivity contribution in [1.82, 2.24) is 0 Å². The summed E-state index contributed by atoms with van der Waals surface area (Å²) in [7, 11) is 0. The van der Waals surface area contributed by atoms with E-state index in [-0.39, 0.29) is 0 Å². The summed E-state index contributed by atoms with van der Waals surface area (Å²) in [5.74, 6) is -0.994. The molecule has 0 amide bonds. The second-order valence-electron chi connectivity index (χ2n) is 7.36. The number of rotatable bonds is 19. The molecule has 3 nitrogen and oxygen atoms in total. The highest BCUT2D eigenvalue weighted by Crippen LogP contribution is 2.14. The molecule has 0 bridgehead atoms.